The van der Waals surface area contributed by atoms with Crippen molar-refractivity contribution in [1.29, 1.82) is 0 Å². The molecule has 0 saturated carbocycles. The Morgan fingerprint density at radius 1 is 1.24 bits per heavy atom. The molecule has 2 saturated heterocycles. The number of ether oxygens (including phenoxy) is 3. The Hall–Kier alpha value is -4.09. The number of carbonyl (C=O) groups is 5. The molecule has 4 rings (SSSR count). The van der Waals surface area contributed by atoms with E-state index in [1.165, 1.54) is 22.0 Å². The minimum Gasteiger partial charge on any atom is -0.497 e. The molecule has 49 heavy (non-hydrogen) atoms. The van der Waals surface area contributed by atoms with E-state index in [0.717, 1.165) is 16.9 Å². The molecule has 2 fully saturated rings. The number of hydrogen-bond acceptors (Lipinski definition) is 13. The van der Waals surface area contributed by atoms with Crippen LogP contribution in [0.2, 0.25) is 0 Å². The second-order valence-corrected chi connectivity index (χ2v) is 14.4. The van der Waals surface area contributed by atoms with Crippen molar-refractivity contribution in [3.05, 3.63) is 40.9 Å². The maximum absolute atomic E-state index is 13.6. The molecule has 4 amide bonds. The summed E-state index contributed by atoms with van der Waals surface area (Å²) in [6.45, 7) is 7.12. The van der Waals surface area contributed by atoms with Crippen molar-refractivity contribution in [1.82, 2.24) is 20.5 Å². The van der Waals surface area contributed by atoms with Gasteiger partial charge >= 0.3 is 12.1 Å². The van der Waals surface area contributed by atoms with E-state index >= 15 is 0 Å². The first-order chi connectivity index (χ1) is 23.3. The van der Waals surface area contributed by atoms with Gasteiger partial charge in [-0.15, -0.1) is 34.7 Å². The van der Waals surface area contributed by atoms with Crippen molar-refractivity contribution in [2.45, 2.75) is 63.8 Å². The van der Waals surface area contributed by atoms with E-state index < -0.39 is 52.4 Å². The van der Waals surface area contributed by atoms with Crippen LogP contribution < -0.4 is 20.7 Å². The normalized spacial score (nSPS) is 21.0. The summed E-state index contributed by atoms with van der Waals surface area (Å²) < 4.78 is 16.0. The van der Waals surface area contributed by atoms with E-state index in [1.54, 1.807) is 52.1 Å². The van der Waals surface area contributed by atoms with Gasteiger partial charge in [0.2, 0.25) is 12.3 Å². The van der Waals surface area contributed by atoms with Crippen LogP contribution in [0.1, 0.15) is 45.4 Å². The highest BCUT2D eigenvalue weighted by molar-refractivity contribution is 8.00. The maximum Gasteiger partial charge on any atom is 0.407 e. The largest absolute Gasteiger partial charge is 0.497 e. The first-order valence-corrected chi connectivity index (χ1v) is 17.7. The second kappa shape index (κ2) is 16.5. The van der Waals surface area contributed by atoms with E-state index in [1.807, 2.05) is 6.92 Å². The van der Waals surface area contributed by atoms with E-state index in [2.05, 4.69) is 26.1 Å². The fraction of sp³-hybridized carbons (Fsp3) is 0.516. The number of methoxy groups -OCH3 is 1. The van der Waals surface area contributed by atoms with E-state index in [4.69, 9.17) is 30.6 Å². The summed E-state index contributed by atoms with van der Waals surface area (Å²) in [4.78, 5) is 74.6. The second-order valence-electron chi connectivity index (χ2n) is 12.2. The number of carbonyl (C=O) groups excluding carboxylic acids is 5. The summed E-state index contributed by atoms with van der Waals surface area (Å²) in [5.41, 5.74) is -1.20. The van der Waals surface area contributed by atoms with Gasteiger partial charge in [0.25, 0.3) is 5.91 Å². The molecule has 0 bridgehead atoms. The van der Waals surface area contributed by atoms with Crippen LogP contribution in [-0.4, -0.2) is 101 Å². The lowest BCUT2D eigenvalue weighted by Gasteiger charge is -2.53. The van der Waals surface area contributed by atoms with Crippen LogP contribution >= 0.6 is 34.7 Å². The maximum atomic E-state index is 13.6. The summed E-state index contributed by atoms with van der Waals surface area (Å²) in [6.07, 6.45) is -0.405. The molecular formula is C31H39ClN6O9S2. The summed E-state index contributed by atoms with van der Waals surface area (Å²) in [7, 11) is 1.56. The van der Waals surface area contributed by atoms with Crippen molar-refractivity contribution < 1.29 is 43.0 Å². The van der Waals surface area contributed by atoms with Crippen LogP contribution in [0.5, 0.6) is 5.75 Å². The first kappa shape index (κ1) is 37.7. The molecule has 3 N–H and O–H groups in total. The number of thiazole rings is 1. The van der Waals surface area contributed by atoms with Crippen molar-refractivity contribution in [2.24, 2.45) is 10.6 Å². The number of nitrogens with zero attached hydrogens (tertiary/aromatic N) is 3. The zero-order valence-corrected chi connectivity index (χ0v) is 30.0. The highest BCUT2D eigenvalue weighted by atomic mass is 35.5. The molecule has 0 aliphatic carbocycles. The number of halogens is 1. The van der Waals surface area contributed by atoms with Crippen molar-refractivity contribution in [3.63, 3.8) is 0 Å². The standard InChI is InChI=1S/C31H39ClN6O9S2/c1-6-19(11-33-29(43)46-30(2,3)4)47-37-22(21-13-48-28(35-21)34-17-39)24(40)36-23-25(41)38-15-31(14-32,16-49-26(23)38)27(42)45-12-18-7-9-20(44-5)10-8-18/h7-10,13,17,19,23,26H,6,11-12,14-16H2,1-5H3,(H,33,43)(H,36,40)(H,34,35,39)/t19?,23?,26-,31?/m1/s1. The molecule has 0 spiro atoms. The van der Waals surface area contributed by atoms with Crippen molar-refractivity contribution >= 4 is 75.8 Å². The topological polar surface area (TPSA) is 187 Å². The number of alkyl halides is 1. The Balaban J connectivity index is 1.41. The van der Waals surface area contributed by atoms with Gasteiger partial charge < -0.3 is 39.9 Å². The average Bonchev–Trinajstić information content (AvgIpc) is 3.54. The van der Waals surface area contributed by atoms with Crippen LogP contribution in [0.4, 0.5) is 9.93 Å². The number of benzene rings is 1. The van der Waals surface area contributed by atoms with Gasteiger partial charge in [0.1, 0.15) is 46.6 Å². The Bertz CT molecular complexity index is 1550. The van der Waals surface area contributed by atoms with Crippen LogP contribution in [0.15, 0.2) is 34.8 Å². The lowest BCUT2D eigenvalue weighted by Crippen LogP contribution is -2.74. The highest BCUT2D eigenvalue weighted by Crippen LogP contribution is 2.43. The van der Waals surface area contributed by atoms with E-state index in [-0.39, 0.29) is 47.9 Å². The SMILES string of the molecule is CCC(CNC(=O)OC(C)(C)C)ON=C(C(=O)NC1C(=O)N2CC(CCl)(C(=O)OCc3ccc(OC)cc3)CS[C@H]12)c1csc(NC=O)n1. The van der Waals surface area contributed by atoms with E-state index in [0.29, 0.717) is 18.6 Å². The predicted octanol–water partition coefficient (Wildman–Crippen LogP) is 3.11. The number of fused-ring (bicyclic) bond motifs is 1. The summed E-state index contributed by atoms with van der Waals surface area (Å²) in [5, 5.41) is 13.1. The quantitative estimate of drug-likeness (QED) is 0.0609. The fourth-order valence-electron chi connectivity index (χ4n) is 4.72. The lowest BCUT2D eigenvalue weighted by molar-refractivity contribution is -0.162. The molecule has 3 heterocycles. The fourth-order valence-corrected chi connectivity index (χ4v) is 7.31. The molecule has 3 unspecified atom stereocenters. The molecule has 4 atom stereocenters. The van der Waals surface area contributed by atoms with Crippen LogP contribution in [0.3, 0.4) is 0 Å². The van der Waals surface area contributed by atoms with Crippen molar-refractivity contribution in [2.75, 3.05) is 37.1 Å². The number of oxime groups is 1. The van der Waals surface area contributed by atoms with Gasteiger partial charge in [0.15, 0.2) is 10.8 Å². The molecule has 2 aliphatic heterocycles. The third-order valence-electron chi connectivity index (χ3n) is 7.41. The highest BCUT2D eigenvalue weighted by Gasteiger charge is 2.57. The Morgan fingerprint density at radius 3 is 2.61 bits per heavy atom. The smallest absolute Gasteiger partial charge is 0.407 e. The van der Waals surface area contributed by atoms with Gasteiger partial charge in [0.05, 0.1) is 13.7 Å². The zero-order chi connectivity index (χ0) is 35.8. The number of rotatable bonds is 15. The van der Waals surface area contributed by atoms with Gasteiger partial charge in [-0.25, -0.2) is 9.78 Å². The molecular weight excluding hydrogens is 700 g/mol. The monoisotopic (exact) mass is 738 g/mol. The number of β-lactam (4-membered cyclic amide) rings is 1. The van der Waals surface area contributed by atoms with Gasteiger partial charge in [-0.1, -0.05) is 24.2 Å². The Kier molecular flexibility index (Phi) is 12.7. The number of hydrogen-bond donors (Lipinski definition) is 3. The predicted molar refractivity (Wildman–Crippen MR) is 184 cm³/mol. The van der Waals surface area contributed by atoms with Crippen LogP contribution in [0, 0.1) is 5.41 Å². The van der Waals surface area contributed by atoms with E-state index in [9.17, 15) is 24.0 Å². The third-order valence-corrected chi connectivity index (χ3v) is 10.3. The minimum atomic E-state index is -1.13. The number of amides is 4. The van der Waals surface area contributed by atoms with Crippen molar-refractivity contribution in [3.8, 4) is 5.75 Å². The number of aromatic nitrogens is 1. The number of nitrogens with one attached hydrogen (secondary N) is 3. The number of thioether (sulfide) groups is 1. The molecule has 1 aromatic carbocycles. The van der Waals surface area contributed by atoms with Crippen LogP contribution in [0.25, 0.3) is 0 Å². The van der Waals surface area contributed by atoms with Crippen LogP contribution in [-0.2, 0) is 40.1 Å². The summed E-state index contributed by atoms with van der Waals surface area (Å²) in [6, 6.07) is 6.17. The molecule has 2 aromatic rings. The molecule has 18 heteroatoms. The summed E-state index contributed by atoms with van der Waals surface area (Å²) >= 11 is 8.67. The Morgan fingerprint density at radius 2 is 1.98 bits per heavy atom. The molecule has 2 aliphatic rings. The minimum absolute atomic E-state index is 0.0283. The van der Waals surface area contributed by atoms with Gasteiger partial charge in [-0.3, -0.25) is 19.2 Å². The Labute approximate surface area is 296 Å². The average molecular weight is 739 g/mol. The molecule has 1 aromatic heterocycles. The molecule has 0 radical (unpaired) electrons. The molecule has 15 nitrogen and oxygen atoms in total. The number of anilines is 1. The lowest BCUT2D eigenvalue weighted by atomic mass is 9.89. The van der Waals surface area contributed by atoms with Gasteiger partial charge in [-0.05, 0) is 44.9 Å². The third kappa shape index (κ3) is 9.54. The first-order valence-electron chi connectivity index (χ1n) is 15.3. The van der Waals surface area contributed by atoms with Gasteiger partial charge in [-0.2, -0.15) is 0 Å². The summed E-state index contributed by atoms with van der Waals surface area (Å²) in [5.74, 6) is -0.799. The zero-order valence-electron chi connectivity index (χ0n) is 27.6. The van der Waals surface area contributed by atoms with Gasteiger partial charge in [0, 0.05) is 23.6 Å². The molecule has 266 valence electrons. The number of esters is 1. The number of alkyl carbamates (subject to hydrolysis) is 1.